The number of aromatic nitrogens is 3. The molecule has 0 saturated carbocycles. The van der Waals surface area contributed by atoms with Gasteiger partial charge in [-0.2, -0.15) is 0 Å². The molecule has 0 aliphatic carbocycles. The maximum atomic E-state index is 11.9. The molecule has 86 valence electrons. The number of hydrogen-bond donors (Lipinski definition) is 0. The van der Waals surface area contributed by atoms with Gasteiger partial charge in [-0.25, -0.2) is 13.4 Å². The van der Waals surface area contributed by atoms with Gasteiger partial charge in [-0.3, -0.25) is 0 Å². The summed E-state index contributed by atoms with van der Waals surface area (Å²) in [5, 5.41) is 3.68. The highest BCUT2D eigenvalue weighted by molar-refractivity contribution is 7.90. The van der Waals surface area contributed by atoms with Gasteiger partial charge < -0.3 is 9.09 Å². The molecule has 0 amide bonds. The molecule has 0 aromatic carbocycles. The monoisotopic (exact) mass is 241 g/mol. The Morgan fingerprint density at radius 3 is 2.75 bits per heavy atom. The first-order valence-electron chi connectivity index (χ1n) is 4.61. The van der Waals surface area contributed by atoms with E-state index >= 15 is 0 Å². The number of sulfone groups is 1. The first-order valence-corrected chi connectivity index (χ1v) is 6.26. The van der Waals surface area contributed by atoms with E-state index in [4.69, 9.17) is 4.52 Å². The van der Waals surface area contributed by atoms with E-state index in [9.17, 15) is 8.42 Å². The maximum absolute atomic E-state index is 11.9. The highest BCUT2D eigenvalue weighted by Crippen LogP contribution is 2.13. The van der Waals surface area contributed by atoms with Crippen molar-refractivity contribution >= 4 is 9.84 Å². The van der Waals surface area contributed by atoms with Crippen LogP contribution in [0.2, 0.25) is 0 Å². The fraction of sp³-hybridized carbons (Fsp3) is 0.333. The van der Waals surface area contributed by atoms with Crippen LogP contribution in [0.5, 0.6) is 0 Å². The Morgan fingerprint density at radius 2 is 2.25 bits per heavy atom. The summed E-state index contributed by atoms with van der Waals surface area (Å²) in [5.41, 5.74) is 0.389. The second-order valence-electron chi connectivity index (χ2n) is 3.51. The highest BCUT2D eigenvalue weighted by Gasteiger charge is 2.21. The van der Waals surface area contributed by atoms with E-state index in [0.717, 1.165) is 0 Å². The molecule has 2 aromatic rings. The number of aryl methyl sites for hydroxylation is 2. The summed E-state index contributed by atoms with van der Waals surface area (Å²) in [6, 6.07) is 1.60. The Bertz CT molecular complexity index is 597. The van der Waals surface area contributed by atoms with Crippen molar-refractivity contribution in [1.29, 1.82) is 0 Å². The highest BCUT2D eigenvalue weighted by atomic mass is 32.2. The standard InChI is InChI=1S/C9H11N3O3S/c1-7-5-8(11-15-7)6-16(13,14)9-10-3-4-12(9)2/h3-5H,6H2,1-2H3. The van der Waals surface area contributed by atoms with Crippen molar-refractivity contribution in [2.24, 2.45) is 7.05 Å². The molecule has 16 heavy (non-hydrogen) atoms. The molecule has 2 aromatic heterocycles. The fourth-order valence-electron chi connectivity index (χ4n) is 1.40. The lowest BCUT2D eigenvalue weighted by Crippen LogP contribution is -2.10. The van der Waals surface area contributed by atoms with Crippen molar-refractivity contribution < 1.29 is 12.9 Å². The van der Waals surface area contributed by atoms with E-state index in [1.807, 2.05) is 0 Å². The quantitative estimate of drug-likeness (QED) is 0.790. The third-order valence-electron chi connectivity index (χ3n) is 2.07. The number of nitrogens with zero attached hydrogens (tertiary/aromatic N) is 3. The summed E-state index contributed by atoms with van der Waals surface area (Å²) in [4.78, 5) is 3.81. The Balaban J connectivity index is 2.31. The zero-order valence-electron chi connectivity index (χ0n) is 8.91. The van der Waals surface area contributed by atoms with Gasteiger partial charge >= 0.3 is 0 Å². The van der Waals surface area contributed by atoms with E-state index in [-0.39, 0.29) is 10.9 Å². The largest absolute Gasteiger partial charge is 0.361 e. The van der Waals surface area contributed by atoms with Crippen molar-refractivity contribution in [2.45, 2.75) is 17.8 Å². The second-order valence-corrected chi connectivity index (χ2v) is 5.39. The molecular formula is C9H11N3O3S. The van der Waals surface area contributed by atoms with Gasteiger partial charge in [-0.15, -0.1) is 0 Å². The minimum atomic E-state index is -3.46. The zero-order chi connectivity index (χ0) is 11.8. The van der Waals surface area contributed by atoms with Crippen LogP contribution in [-0.2, 0) is 22.6 Å². The van der Waals surface area contributed by atoms with Crippen LogP contribution in [0.1, 0.15) is 11.5 Å². The van der Waals surface area contributed by atoms with E-state index in [2.05, 4.69) is 10.1 Å². The molecule has 0 spiro atoms. The van der Waals surface area contributed by atoms with Gasteiger partial charge in [0.05, 0.1) is 5.69 Å². The first kappa shape index (κ1) is 10.9. The predicted octanol–water partition coefficient (Wildman–Crippen LogP) is 0.690. The molecule has 0 unspecified atom stereocenters. The van der Waals surface area contributed by atoms with Crippen molar-refractivity contribution in [3.05, 3.63) is 29.9 Å². The Labute approximate surface area is 92.8 Å². The van der Waals surface area contributed by atoms with Crippen LogP contribution in [0.25, 0.3) is 0 Å². The van der Waals surface area contributed by atoms with Crippen molar-refractivity contribution in [3.63, 3.8) is 0 Å². The normalized spacial score (nSPS) is 11.9. The minimum absolute atomic E-state index is 0.0353. The van der Waals surface area contributed by atoms with E-state index in [1.54, 1.807) is 26.2 Å². The van der Waals surface area contributed by atoms with E-state index in [1.165, 1.54) is 10.8 Å². The van der Waals surface area contributed by atoms with Crippen LogP contribution in [0.15, 0.2) is 28.1 Å². The van der Waals surface area contributed by atoms with Crippen LogP contribution in [0, 0.1) is 6.92 Å². The maximum Gasteiger partial charge on any atom is 0.227 e. The van der Waals surface area contributed by atoms with E-state index < -0.39 is 9.84 Å². The van der Waals surface area contributed by atoms with Crippen LogP contribution < -0.4 is 0 Å². The average Bonchev–Trinajstić information content (AvgIpc) is 2.74. The molecular weight excluding hydrogens is 230 g/mol. The molecule has 6 nitrogen and oxygen atoms in total. The SMILES string of the molecule is Cc1cc(CS(=O)(=O)c2nccn2C)no1. The molecule has 0 atom stereocenters. The molecule has 0 N–H and O–H groups in total. The predicted molar refractivity (Wildman–Crippen MR) is 55.3 cm³/mol. The Hall–Kier alpha value is -1.63. The third kappa shape index (κ3) is 1.99. The lowest BCUT2D eigenvalue weighted by molar-refractivity contribution is 0.392. The molecule has 0 fully saturated rings. The van der Waals surface area contributed by atoms with Gasteiger partial charge in [0.1, 0.15) is 11.5 Å². The topological polar surface area (TPSA) is 78.0 Å². The van der Waals surface area contributed by atoms with Gasteiger partial charge in [-0.05, 0) is 6.92 Å². The number of rotatable bonds is 3. The number of hydrogen-bond acceptors (Lipinski definition) is 5. The van der Waals surface area contributed by atoms with Crippen LogP contribution in [0.3, 0.4) is 0 Å². The molecule has 0 aliphatic heterocycles. The van der Waals surface area contributed by atoms with E-state index in [0.29, 0.717) is 11.5 Å². The summed E-state index contributed by atoms with van der Waals surface area (Å²) in [5.74, 6) is 0.389. The Kier molecular flexibility index (Phi) is 2.55. The molecule has 2 heterocycles. The van der Waals surface area contributed by atoms with Gasteiger partial charge in [0.15, 0.2) is 0 Å². The second kappa shape index (κ2) is 3.75. The molecule has 7 heteroatoms. The minimum Gasteiger partial charge on any atom is -0.361 e. The van der Waals surface area contributed by atoms with Crippen LogP contribution >= 0.6 is 0 Å². The van der Waals surface area contributed by atoms with Gasteiger partial charge in [0.25, 0.3) is 0 Å². The first-order chi connectivity index (χ1) is 7.49. The smallest absolute Gasteiger partial charge is 0.227 e. The van der Waals surface area contributed by atoms with Crippen LogP contribution in [-0.4, -0.2) is 23.1 Å². The van der Waals surface area contributed by atoms with Crippen LogP contribution in [0.4, 0.5) is 0 Å². The molecule has 0 bridgehead atoms. The lowest BCUT2D eigenvalue weighted by Gasteiger charge is -2.01. The lowest BCUT2D eigenvalue weighted by atomic mass is 10.4. The average molecular weight is 241 g/mol. The van der Waals surface area contributed by atoms with Crippen molar-refractivity contribution in [2.75, 3.05) is 0 Å². The number of imidazole rings is 1. The summed E-state index contributed by atoms with van der Waals surface area (Å²) in [6.07, 6.45) is 3.03. The molecule has 0 saturated heterocycles. The summed E-state index contributed by atoms with van der Waals surface area (Å²) >= 11 is 0. The summed E-state index contributed by atoms with van der Waals surface area (Å²) in [6.45, 7) is 1.71. The molecule has 2 rings (SSSR count). The summed E-state index contributed by atoms with van der Waals surface area (Å²) < 4.78 is 30.1. The van der Waals surface area contributed by atoms with Gasteiger partial charge in [0, 0.05) is 25.5 Å². The van der Waals surface area contributed by atoms with Gasteiger partial charge in [0.2, 0.25) is 15.0 Å². The Morgan fingerprint density at radius 1 is 1.50 bits per heavy atom. The fourth-order valence-corrected chi connectivity index (χ4v) is 2.77. The third-order valence-corrected chi connectivity index (χ3v) is 3.70. The summed E-state index contributed by atoms with van der Waals surface area (Å²) in [7, 11) is -1.83. The molecule has 0 radical (unpaired) electrons. The van der Waals surface area contributed by atoms with Crippen molar-refractivity contribution in [3.8, 4) is 0 Å². The zero-order valence-corrected chi connectivity index (χ0v) is 9.73. The van der Waals surface area contributed by atoms with Gasteiger partial charge in [-0.1, -0.05) is 5.16 Å². The molecule has 0 aliphatic rings. The van der Waals surface area contributed by atoms with Crippen molar-refractivity contribution in [1.82, 2.24) is 14.7 Å².